The Hall–Kier alpha value is -9.05. The van der Waals surface area contributed by atoms with E-state index in [1.165, 1.54) is 39.9 Å². The Bertz CT molecular complexity index is 4490. The number of aliphatic imine (C=N–C) groups is 2. The van der Waals surface area contributed by atoms with Crippen LogP contribution >= 0.6 is 12.4 Å². The second kappa shape index (κ2) is 39.3. The number of aryl methyl sites for hydroxylation is 4. The van der Waals surface area contributed by atoms with Crippen molar-refractivity contribution in [3.8, 4) is 11.5 Å². The number of esters is 1. The van der Waals surface area contributed by atoms with Gasteiger partial charge in [0, 0.05) is 57.4 Å². The molecule has 4 aromatic carbocycles. The van der Waals surface area contributed by atoms with Crippen molar-refractivity contribution in [2.45, 2.75) is 155 Å². The van der Waals surface area contributed by atoms with Crippen LogP contribution in [0.4, 0.5) is 35.9 Å². The molecule has 4 aliphatic rings. The minimum atomic E-state index is -4.89. The number of nitrogens with zero attached hydrogens (tertiary/aromatic N) is 6. The first-order chi connectivity index (χ1) is 52.9. The fourth-order valence-corrected chi connectivity index (χ4v) is 15.1. The minimum Gasteiger partial charge on any atom is -0.491 e. The minimum absolute atomic E-state index is 0. The Balaban J connectivity index is 0.000000372. The Kier molecular flexibility index (Phi) is 32.4. The topological polar surface area (TPSA) is 375 Å². The maximum atomic E-state index is 14.3. The lowest BCUT2D eigenvalue weighted by Gasteiger charge is -2.35. The predicted molar refractivity (Wildman–Crippen MR) is 412 cm³/mol. The first kappa shape index (κ1) is 94.8. The van der Waals surface area contributed by atoms with Crippen LogP contribution < -0.4 is 30.7 Å². The molecular formula is C76H101ClF6N10O20S2. The van der Waals surface area contributed by atoms with E-state index in [-0.39, 0.29) is 194 Å². The van der Waals surface area contributed by atoms with Gasteiger partial charge >= 0.3 is 36.5 Å². The maximum absolute atomic E-state index is 14.3. The van der Waals surface area contributed by atoms with Gasteiger partial charge in [-0.15, -0.1) is 12.4 Å². The quantitative estimate of drug-likeness (QED) is 0.0141. The molecule has 30 nitrogen and oxygen atoms in total. The molecule has 0 aliphatic carbocycles. The van der Waals surface area contributed by atoms with E-state index in [1.54, 1.807) is 107 Å². The highest BCUT2D eigenvalue weighted by molar-refractivity contribution is 7.89. The number of aromatic carboxylic acids is 1. The summed E-state index contributed by atoms with van der Waals surface area (Å²) in [7, 11) is -4.60. The molecule has 2 spiro atoms. The first-order valence-corrected chi connectivity index (χ1v) is 39.8. The number of rotatable bonds is 30. The fourth-order valence-electron chi connectivity index (χ4n) is 12.2. The third kappa shape index (κ3) is 27.5. The number of carbonyl (C=O) groups is 8. The van der Waals surface area contributed by atoms with Gasteiger partial charge in [0.05, 0.1) is 66.7 Å². The molecule has 0 radical (unpaired) electrons. The molecule has 5 N–H and O–H groups in total. The summed E-state index contributed by atoms with van der Waals surface area (Å²) in [6.07, 6.45) is -11.5. The van der Waals surface area contributed by atoms with Gasteiger partial charge in [0.25, 0.3) is 11.8 Å². The van der Waals surface area contributed by atoms with E-state index < -0.39 is 119 Å². The highest BCUT2D eigenvalue weighted by Gasteiger charge is 2.55. The average molecular weight is 1690 g/mol. The molecule has 0 bridgehead atoms. The van der Waals surface area contributed by atoms with E-state index in [0.717, 1.165) is 29.2 Å². The van der Waals surface area contributed by atoms with Gasteiger partial charge in [0.1, 0.15) is 70.8 Å². The molecule has 0 aromatic heterocycles. The number of amides is 6. The largest absolute Gasteiger partial charge is 0.491 e. The number of sulfonamides is 2. The molecule has 0 atom stereocenters. The number of carbonyl (C=O) groups excluding carboxylic acids is 7. The lowest BCUT2D eigenvalue weighted by atomic mass is 9.88. The van der Waals surface area contributed by atoms with E-state index in [0.29, 0.717) is 32.7 Å². The summed E-state index contributed by atoms with van der Waals surface area (Å²) < 4.78 is 179. The van der Waals surface area contributed by atoms with Gasteiger partial charge in [-0.1, -0.05) is 12.1 Å². The molecule has 8 rings (SSSR count). The van der Waals surface area contributed by atoms with Crippen LogP contribution in [0.15, 0.2) is 82.8 Å². The summed E-state index contributed by atoms with van der Waals surface area (Å²) >= 11 is 0. The summed E-state index contributed by atoms with van der Waals surface area (Å²) in [6, 6.07) is 15.1. The van der Waals surface area contributed by atoms with Crippen LogP contribution in [0, 0.1) is 13.8 Å². The molecule has 4 heterocycles. The summed E-state index contributed by atoms with van der Waals surface area (Å²) in [5.74, 6) is -5.06. The number of alkyl halides is 6. The zero-order chi connectivity index (χ0) is 84.7. The lowest BCUT2D eigenvalue weighted by molar-refractivity contribution is -0.138. The number of carboxylic acid groups (broad SMARTS) is 1. The number of carboxylic acids is 1. The van der Waals surface area contributed by atoms with Crippen molar-refractivity contribution in [1.82, 2.24) is 39.7 Å². The third-order valence-corrected chi connectivity index (χ3v) is 21.7. The number of imide groups is 1. The van der Waals surface area contributed by atoms with Crippen molar-refractivity contribution in [3.05, 3.63) is 128 Å². The van der Waals surface area contributed by atoms with Crippen LogP contribution in [0.1, 0.15) is 153 Å². The molecular weight excluding hydrogens is 1590 g/mol. The number of benzene rings is 4. The molecule has 6 amide bonds. The highest BCUT2D eigenvalue weighted by atomic mass is 35.5. The summed E-state index contributed by atoms with van der Waals surface area (Å²) in [5.41, 5.74) is -4.85. The third-order valence-electron chi connectivity index (χ3n) is 18.0. The Morgan fingerprint density at radius 2 is 1.03 bits per heavy atom. The zero-order valence-corrected chi connectivity index (χ0v) is 68.8. The average Bonchev–Trinajstić information content (AvgIpc) is 1.58. The number of piperidine rings is 2. The monoisotopic (exact) mass is 1690 g/mol. The first-order valence-electron chi connectivity index (χ1n) is 36.6. The smallest absolute Gasteiger partial charge is 0.423 e. The van der Waals surface area contributed by atoms with Crippen LogP contribution in [0.5, 0.6) is 11.5 Å². The van der Waals surface area contributed by atoms with Crippen LogP contribution in [-0.4, -0.2) is 245 Å². The summed E-state index contributed by atoms with van der Waals surface area (Å²) in [4.78, 5) is 111. The van der Waals surface area contributed by atoms with Crippen LogP contribution in [0.2, 0.25) is 0 Å². The fraction of sp³-hybridized carbons (Fsp3) is 0.553. The number of likely N-dealkylation sites (N-methyl/N-ethyl adjacent to an activating group) is 2. The molecule has 4 aliphatic heterocycles. The van der Waals surface area contributed by atoms with Crippen molar-refractivity contribution < 1.29 is 120 Å². The molecule has 636 valence electrons. The molecule has 2 fully saturated rings. The zero-order valence-electron chi connectivity index (χ0n) is 66.4. The molecule has 2 saturated heterocycles. The number of hydrogen-bond donors (Lipinski definition) is 5. The standard InChI is InChI=1S/C45H62F3N5O12S.C31H38F3N5O8S.ClH/c1-29-24-31(37(55)63-41(2,3)4)13-12-30(29)14-23-66(59,60)52-18-15-44(16-19-52)38(56)53(40(58)65-43(8,9)10)36(50-44)32-25-33(45(46,47)48)27-34(26-32)62-22-21-61-20-17-49-35(54)28-51(11)39(57)64-42(5,6)7;1-20-15-22(28(41)42)4-3-21(20)5-14-48(44,45)39-9-6-30(7-10-39)29(43)37-27(38-30)23-16-24(31(32,33)34)18-25(17-23)47-13-12-46-11-8-36-26(40)19-35-2;/h12-13,24-27H,14-23,28H2,1-11H3,(H,49,54);3-4,15-18,35H,5-14,19H2,1-2H3,(H,36,40)(H,41,42)(H,37,38,43);1H. The van der Waals surface area contributed by atoms with Gasteiger partial charge in [0.2, 0.25) is 31.9 Å². The Morgan fingerprint density at radius 1 is 0.583 bits per heavy atom. The Labute approximate surface area is 670 Å². The van der Waals surface area contributed by atoms with Gasteiger partial charge < -0.3 is 64.4 Å². The molecule has 0 unspecified atom stereocenters. The highest BCUT2D eigenvalue weighted by Crippen LogP contribution is 2.41. The number of amidine groups is 2. The summed E-state index contributed by atoms with van der Waals surface area (Å²) in [5, 5.41) is 19.6. The van der Waals surface area contributed by atoms with Gasteiger partial charge in [-0.2, -0.15) is 31.2 Å². The maximum Gasteiger partial charge on any atom is 0.423 e. The normalized spacial score (nSPS) is 16.0. The van der Waals surface area contributed by atoms with E-state index in [9.17, 15) is 81.5 Å². The summed E-state index contributed by atoms with van der Waals surface area (Å²) in [6.45, 7) is 18.1. The molecule has 0 saturated carbocycles. The van der Waals surface area contributed by atoms with Crippen LogP contribution in [-0.2, 0) is 88.1 Å². The number of hydrogen-bond acceptors (Lipinski definition) is 22. The second-order valence-electron chi connectivity index (χ2n) is 30.5. The number of nitrogens with one attached hydrogen (secondary N) is 4. The van der Waals surface area contributed by atoms with E-state index in [1.807, 2.05) is 0 Å². The molecule has 4 aromatic rings. The van der Waals surface area contributed by atoms with Crippen molar-refractivity contribution in [3.63, 3.8) is 0 Å². The second-order valence-corrected chi connectivity index (χ2v) is 34.7. The van der Waals surface area contributed by atoms with Crippen molar-refractivity contribution in [2.75, 3.05) is 118 Å². The predicted octanol–water partition coefficient (Wildman–Crippen LogP) is 8.43. The van der Waals surface area contributed by atoms with Crippen molar-refractivity contribution in [1.29, 1.82) is 0 Å². The van der Waals surface area contributed by atoms with Gasteiger partial charge in [-0.05, 0) is 205 Å². The molecule has 115 heavy (non-hydrogen) atoms. The number of ether oxygens (including phenoxy) is 7. The van der Waals surface area contributed by atoms with Crippen LogP contribution in [0.25, 0.3) is 0 Å². The van der Waals surface area contributed by atoms with Gasteiger partial charge in [-0.25, -0.2) is 44.6 Å². The Morgan fingerprint density at radius 3 is 1.50 bits per heavy atom. The SMILES string of the molecule is CNCC(=O)NCCOCCOc1cc(C2=NC3(CCN(S(=O)(=O)CCc4ccc(C(=O)O)cc4C)CC3)C(=O)N2)cc(C(F)(F)F)c1.Cc1cc(C(=O)OC(C)(C)C)ccc1CCS(=O)(=O)N1CCC2(CC1)N=C(c1cc(OCCOCCNC(=O)CN(C)C(=O)OC(C)(C)C)cc(C(F)(F)F)c1)N(C(=O)OC(C)(C)C)C2=O.Cl. The van der Waals surface area contributed by atoms with Crippen molar-refractivity contribution in [2.24, 2.45) is 9.98 Å². The van der Waals surface area contributed by atoms with Gasteiger partial charge in [-0.3, -0.25) is 29.2 Å². The van der Waals surface area contributed by atoms with E-state index in [4.69, 9.17) is 38.3 Å². The van der Waals surface area contributed by atoms with Gasteiger partial charge in [0.15, 0.2) is 0 Å². The van der Waals surface area contributed by atoms with E-state index >= 15 is 0 Å². The molecule has 39 heteroatoms. The number of halogens is 7. The lowest BCUT2D eigenvalue weighted by Crippen LogP contribution is -2.53. The van der Waals surface area contributed by atoms with Crippen LogP contribution in [0.3, 0.4) is 0 Å². The van der Waals surface area contributed by atoms with E-state index in [2.05, 4.69) is 31.3 Å². The van der Waals surface area contributed by atoms with Crippen molar-refractivity contribution >= 4 is 91.9 Å².